The number of carbonyl (C=O) groups is 1. The largest absolute Gasteiger partial charge is 0.368 e. The number of nitrogen functional groups attached to an aromatic ring is 2. The summed E-state index contributed by atoms with van der Waals surface area (Å²) < 4.78 is 38.0. The molecule has 17 aromatic rings. The second kappa shape index (κ2) is 43.2. The summed E-state index contributed by atoms with van der Waals surface area (Å²) in [5.74, 6) is 2.51. The zero-order chi connectivity index (χ0) is 89.4. The third-order valence-corrected chi connectivity index (χ3v) is 23.6. The summed E-state index contributed by atoms with van der Waals surface area (Å²) in [5.41, 5.74) is 29.1. The second-order valence-corrected chi connectivity index (χ2v) is 34.2. The molecule has 0 bridgehead atoms. The lowest BCUT2D eigenvalue weighted by Gasteiger charge is -2.22. The molecule has 11 aromatic carbocycles. The Morgan fingerprint density at radius 3 is 1.29 bits per heavy atom. The summed E-state index contributed by atoms with van der Waals surface area (Å²) in [5, 5.41) is 27.2. The van der Waals surface area contributed by atoms with E-state index in [2.05, 4.69) is 159 Å². The summed E-state index contributed by atoms with van der Waals surface area (Å²) in [6.07, 6.45) is 25.6. The number of pyridine rings is 1. The maximum absolute atomic E-state index is 12.9. The average Bonchev–Trinajstić information content (AvgIpc) is 1.81. The Morgan fingerprint density at radius 1 is 0.403 bits per heavy atom. The summed E-state index contributed by atoms with van der Waals surface area (Å²) in [6.45, 7) is 2.00. The van der Waals surface area contributed by atoms with Crippen molar-refractivity contribution in [1.82, 2.24) is 53.3 Å². The molecule has 6 N–H and O–H groups in total. The van der Waals surface area contributed by atoms with E-state index in [9.17, 15) is 13.2 Å². The van der Waals surface area contributed by atoms with Crippen LogP contribution >= 0.6 is 66.7 Å². The predicted octanol–water partition coefficient (Wildman–Crippen LogP) is 23.3. The van der Waals surface area contributed by atoms with E-state index in [0.29, 0.717) is 67.4 Å². The first-order chi connectivity index (χ1) is 62.8. The number of carbonyl (C=O) groups excluding carboxylic acids is 1. The highest BCUT2D eigenvalue weighted by Gasteiger charge is 2.24. The monoisotopic (exact) mass is 1910 g/mol. The van der Waals surface area contributed by atoms with Gasteiger partial charge >= 0.3 is 0 Å². The molecular weight excluding hydrogens is 1830 g/mol. The van der Waals surface area contributed by atoms with Gasteiger partial charge in [0.2, 0.25) is 23.8 Å². The number of halogens is 5. The van der Waals surface area contributed by atoms with Crippen LogP contribution in [0.3, 0.4) is 0 Å². The van der Waals surface area contributed by atoms with Crippen molar-refractivity contribution in [3.05, 3.63) is 421 Å². The van der Waals surface area contributed by atoms with Gasteiger partial charge in [-0.15, -0.1) is 0 Å². The summed E-state index contributed by atoms with van der Waals surface area (Å²) in [6, 6.07) is 97.6. The zero-order valence-electron chi connectivity index (χ0n) is 69.3. The van der Waals surface area contributed by atoms with Gasteiger partial charge in [0.05, 0.1) is 83.0 Å². The van der Waals surface area contributed by atoms with Crippen LogP contribution in [0.25, 0.3) is 56.4 Å². The van der Waals surface area contributed by atoms with Gasteiger partial charge in [0.1, 0.15) is 11.5 Å². The number of aryl methyl sites for hydroxylation is 3. The molecule has 2 unspecified atom stereocenters. The van der Waals surface area contributed by atoms with Gasteiger partial charge in [-0.3, -0.25) is 15.1 Å². The van der Waals surface area contributed by atoms with Crippen molar-refractivity contribution in [1.29, 1.82) is 0 Å². The standard InChI is InChI=1S/C23H16BrClN4O.C22H16BrClN4O2S.C21H21N3.C19H18N4.C15H12ClN5/c24-19-10-8-18(9-11-19)22(30)28-23-27-21(17-4-2-1-3-5-17)15-29(23)26-14-16-6-12-20(25)13-7-16;23-18-8-12-20(13-9-18)31(29,30)27-22-26-21(17-4-2-1-3-5-17)15-28(22)25-14-16-6-10-19(24)11-7-16;1-16-23-21(18-9-3-2-4-10-18)15-24(16)22-14-19-12-7-11-17-8-5-6-13-20(17)19;20-19-22-18(15-7-2-1-3-8-15)13-23(19)21-12-16-11-10-14-6-4-5-9-17(14)16;16-12-6-4-11(5-7-12)9-19-21-10-14(20-15(21)17)13-3-1-2-8-18-13/h1-15H,(H,27,28,30);1-15H,(H,26,27);2-6,8-10,13-15,19H,7,11-12H2,1H3;1-9,12-13,16H,10-11H2,(H2,20,22);1-10H,(H2,17,20)/b26-14-;25-14-;22-14+;21-12+;19-9-. The summed E-state index contributed by atoms with van der Waals surface area (Å²) in [7, 11) is -3.86. The molecule has 19 rings (SSSR count). The van der Waals surface area contributed by atoms with Crippen LogP contribution in [0.5, 0.6) is 0 Å². The van der Waals surface area contributed by atoms with E-state index in [-0.39, 0.29) is 16.8 Å². The molecule has 0 saturated heterocycles. The van der Waals surface area contributed by atoms with E-state index in [0.717, 1.165) is 83.6 Å². The first-order valence-electron chi connectivity index (χ1n) is 40.9. The number of anilines is 4. The number of hydrogen-bond acceptors (Lipinski definition) is 16. The number of amides is 1. The lowest BCUT2D eigenvalue weighted by Crippen LogP contribution is -2.15. The molecule has 2 atom stereocenters. The smallest absolute Gasteiger partial charge is 0.264 e. The molecule has 29 heteroatoms. The number of rotatable bonds is 20. The lowest BCUT2D eigenvalue weighted by atomic mass is 9.84. The van der Waals surface area contributed by atoms with E-state index < -0.39 is 10.0 Å². The minimum atomic E-state index is -3.86. The normalized spacial score (nSPS) is 13.3. The summed E-state index contributed by atoms with van der Waals surface area (Å²) in [4.78, 5) is 39.4. The van der Waals surface area contributed by atoms with Gasteiger partial charge in [-0.25, -0.2) is 61.4 Å². The van der Waals surface area contributed by atoms with Crippen molar-refractivity contribution < 1.29 is 13.2 Å². The van der Waals surface area contributed by atoms with Gasteiger partial charge < -0.3 is 11.5 Å². The number of nitrogens with zero attached hydrogens (tertiary/aromatic N) is 16. The second-order valence-electron chi connectivity index (χ2n) is 29.4. The Labute approximate surface area is 778 Å². The van der Waals surface area contributed by atoms with Crippen LogP contribution in [0.15, 0.2) is 386 Å². The number of aromatic nitrogens is 11. The van der Waals surface area contributed by atoms with Crippen LogP contribution in [-0.2, 0) is 22.9 Å². The Bertz CT molecular complexity index is 6900. The fourth-order valence-electron chi connectivity index (χ4n) is 13.8. The SMILES string of the molecule is Cc1nc(-c2ccccc2)cn1/N=C/C1CCCc2ccccc21.Nc1nc(-c2ccccc2)cn1/N=C/C1CCc2ccccc21.Nc1nc(-c2ccccn2)cn1/N=C\c1ccc(Cl)cc1.O=C(Nc1nc(-c2ccccc2)cn1/N=C\c1ccc(Cl)cc1)c1ccc(Br)cc1.O=S(=O)(Nc1nc(-c2ccccc2)cn1/N=C\c1ccc(Cl)cc1)c1ccc(Br)cc1. The van der Waals surface area contributed by atoms with Gasteiger partial charge in [-0.1, -0.05) is 279 Å². The first-order valence-corrected chi connectivity index (χ1v) is 45.1. The molecular formula is C100H83Br2Cl3N20O3S. The number of imidazole rings is 5. The third kappa shape index (κ3) is 24.4. The summed E-state index contributed by atoms with van der Waals surface area (Å²) >= 11 is 24.4. The van der Waals surface area contributed by atoms with E-state index in [4.69, 9.17) is 51.4 Å². The van der Waals surface area contributed by atoms with Gasteiger partial charge in [-0.05, 0) is 175 Å². The van der Waals surface area contributed by atoms with Gasteiger partial charge in [0, 0.05) is 82.3 Å². The molecule has 129 heavy (non-hydrogen) atoms. The maximum atomic E-state index is 12.9. The minimum absolute atomic E-state index is 0.0759. The number of nitrogens with two attached hydrogens (primary N) is 2. The molecule has 0 fully saturated rings. The highest BCUT2D eigenvalue weighted by Crippen LogP contribution is 2.34. The van der Waals surface area contributed by atoms with E-state index in [1.165, 1.54) is 63.0 Å². The van der Waals surface area contributed by atoms with Crippen LogP contribution in [0.1, 0.15) is 86.2 Å². The molecule has 6 aromatic heterocycles. The zero-order valence-corrected chi connectivity index (χ0v) is 75.6. The molecule has 2 aliphatic carbocycles. The van der Waals surface area contributed by atoms with Crippen molar-refractivity contribution in [2.45, 2.75) is 55.8 Å². The molecule has 0 radical (unpaired) electrons. The lowest BCUT2D eigenvalue weighted by molar-refractivity contribution is 0.102. The maximum Gasteiger partial charge on any atom is 0.264 e. The predicted molar refractivity (Wildman–Crippen MR) is 527 cm³/mol. The molecule has 2 aliphatic rings. The van der Waals surface area contributed by atoms with Crippen molar-refractivity contribution in [3.63, 3.8) is 0 Å². The molecule has 0 aliphatic heterocycles. The highest BCUT2D eigenvalue weighted by atomic mass is 79.9. The number of benzene rings is 11. The fourth-order valence-corrected chi connectivity index (χ4v) is 15.7. The Hall–Kier alpha value is -14.4. The quantitative estimate of drug-likeness (QED) is 0.0520. The fraction of sp³-hybridized carbons (Fsp3) is 0.0800. The number of hydrogen-bond donors (Lipinski definition) is 4. The topological polar surface area (TPSA) is 291 Å². The highest BCUT2D eigenvalue weighted by molar-refractivity contribution is 9.10. The average molecular weight is 1910 g/mol. The van der Waals surface area contributed by atoms with Crippen LogP contribution in [-0.4, -0.2) is 98.7 Å². The van der Waals surface area contributed by atoms with E-state index in [1.54, 1.807) is 113 Å². The van der Waals surface area contributed by atoms with Gasteiger partial charge in [0.15, 0.2) is 0 Å². The van der Waals surface area contributed by atoms with Crippen LogP contribution in [0.2, 0.25) is 15.1 Å². The van der Waals surface area contributed by atoms with Crippen LogP contribution in [0, 0.1) is 6.92 Å². The van der Waals surface area contributed by atoms with Crippen molar-refractivity contribution in [2.75, 3.05) is 21.5 Å². The molecule has 23 nitrogen and oxygen atoms in total. The molecule has 6 heterocycles. The van der Waals surface area contributed by atoms with Crippen molar-refractivity contribution in [2.24, 2.45) is 25.5 Å². The van der Waals surface area contributed by atoms with Crippen molar-refractivity contribution in [3.8, 4) is 56.4 Å². The molecule has 642 valence electrons. The van der Waals surface area contributed by atoms with Gasteiger partial charge in [0.25, 0.3) is 15.9 Å². The molecule has 1 amide bonds. The minimum Gasteiger partial charge on any atom is -0.368 e. The Kier molecular flexibility index (Phi) is 30.0. The van der Waals surface area contributed by atoms with Crippen molar-refractivity contribution >= 4 is 137 Å². The number of nitrogens with one attached hydrogen (secondary N) is 2. The van der Waals surface area contributed by atoms with Gasteiger partial charge in [-0.2, -0.15) is 25.5 Å². The molecule has 0 spiro atoms. The van der Waals surface area contributed by atoms with E-state index >= 15 is 0 Å². The number of fused-ring (bicyclic) bond motifs is 2. The Morgan fingerprint density at radius 2 is 0.791 bits per heavy atom. The number of sulfonamides is 1. The Balaban J connectivity index is 0.000000125. The van der Waals surface area contributed by atoms with E-state index in [1.807, 2.05) is 206 Å². The first kappa shape index (κ1) is 89.4. The van der Waals surface area contributed by atoms with Crippen LogP contribution < -0.4 is 21.5 Å². The van der Waals surface area contributed by atoms with Crippen LogP contribution in [0.4, 0.5) is 23.8 Å². The third-order valence-electron chi connectivity index (χ3n) is 20.5. The molecule has 0 saturated carbocycles.